The van der Waals surface area contributed by atoms with Gasteiger partial charge in [0.2, 0.25) is 0 Å². The first-order chi connectivity index (χ1) is 6.71. The molecule has 1 fully saturated rings. The zero-order chi connectivity index (χ0) is 10.0. The average molecular weight is 190 g/mol. The van der Waals surface area contributed by atoms with Gasteiger partial charge in [-0.2, -0.15) is 0 Å². The molecule has 0 aromatic heterocycles. The van der Waals surface area contributed by atoms with Gasteiger partial charge in [-0.1, -0.05) is 30.3 Å². The Kier molecular flexibility index (Phi) is 2.57. The van der Waals surface area contributed by atoms with Crippen molar-refractivity contribution in [2.75, 3.05) is 0 Å². The van der Waals surface area contributed by atoms with Crippen LogP contribution in [0.1, 0.15) is 31.2 Å². The Labute approximate surface area is 85.3 Å². The maximum Gasteiger partial charge on any atom is 0.0410 e. The molecule has 0 atom stereocenters. The van der Waals surface area contributed by atoms with Gasteiger partial charge in [0.25, 0.3) is 0 Å². The van der Waals surface area contributed by atoms with Gasteiger partial charge in [0.05, 0.1) is 0 Å². The SMILES string of the molecule is NC1CCC(N)(c2ccccc2)CC1. The van der Waals surface area contributed by atoms with E-state index in [-0.39, 0.29) is 5.54 Å². The fourth-order valence-corrected chi connectivity index (χ4v) is 2.21. The summed E-state index contributed by atoms with van der Waals surface area (Å²) in [5, 5.41) is 0. The third-order valence-electron chi connectivity index (χ3n) is 3.27. The molecule has 1 saturated carbocycles. The maximum absolute atomic E-state index is 6.39. The van der Waals surface area contributed by atoms with Crippen LogP contribution in [0.2, 0.25) is 0 Å². The van der Waals surface area contributed by atoms with Crippen LogP contribution >= 0.6 is 0 Å². The lowest BCUT2D eigenvalue weighted by atomic mass is 9.76. The monoisotopic (exact) mass is 190 g/mol. The third kappa shape index (κ3) is 1.81. The van der Waals surface area contributed by atoms with Gasteiger partial charge in [-0.25, -0.2) is 0 Å². The van der Waals surface area contributed by atoms with Crippen LogP contribution in [-0.2, 0) is 5.54 Å². The van der Waals surface area contributed by atoms with Gasteiger partial charge in [-0.15, -0.1) is 0 Å². The smallest absolute Gasteiger partial charge is 0.0410 e. The minimum atomic E-state index is -0.128. The van der Waals surface area contributed by atoms with E-state index in [2.05, 4.69) is 24.3 Å². The summed E-state index contributed by atoms with van der Waals surface area (Å²) < 4.78 is 0. The van der Waals surface area contributed by atoms with Crippen molar-refractivity contribution in [3.8, 4) is 0 Å². The van der Waals surface area contributed by atoms with Crippen LogP contribution in [-0.4, -0.2) is 6.04 Å². The minimum Gasteiger partial charge on any atom is -0.328 e. The molecular weight excluding hydrogens is 172 g/mol. The lowest BCUT2D eigenvalue weighted by molar-refractivity contribution is 0.278. The van der Waals surface area contributed by atoms with E-state index < -0.39 is 0 Å². The predicted octanol–water partition coefficient (Wildman–Crippen LogP) is 1.74. The Morgan fingerprint density at radius 1 is 1.07 bits per heavy atom. The molecule has 0 bridgehead atoms. The van der Waals surface area contributed by atoms with Crippen molar-refractivity contribution < 1.29 is 0 Å². The number of rotatable bonds is 1. The zero-order valence-electron chi connectivity index (χ0n) is 8.45. The summed E-state index contributed by atoms with van der Waals surface area (Å²) >= 11 is 0. The molecule has 0 spiro atoms. The van der Waals surface area contributed by atoms with Crippen molar-refractivity contribution in [1.29, 1.82) is 0 Å². The van der Waals surface area contributed by atoms with E-state index in [4.69, 9.17) is 11.5 Å². The molecule has 2 rings (SSSR count). The Morgan fingerprint density at radius 2 is 1.64 bits per heavy atom. The first kappa shape index (κ1) is 9.69. The van der Waals surface area contributed by atoms with Crippen LogP contribution in [0.25, 0.3) is 0 Å². The molecule has 76 valence electrons. The van der Waals surface area contributed by atoms with Crippen molar-refractivity contribution in [3.05, 3.63) is 35.9 Å². The predicted molar refractivity (Wildman–Crippen MR) is 58.8 cm³/mol. The highest BCUT2D eigenvalue weighted by Crippen LogP contribution is 2.33. The molecule has 2 nitrogen and oxygen atoms in total. The van der Waals surface area contributed by atoms with Crippen LogP contribution in [0.15, 0.2) is 30.3 Å². The number of nitrogens with two attached hydrogens (primary N) is 2. The lowest BCUT2D eigenvalue weighted by Gasteiger charge is -2.36. The highest BCUT2D eigenvalue weighted by molar-refractivity contribution is 5.24. The van der Waals surface area contributed by atoms with Gasteiger partial charge < -0.3 is 11.5 Å². The Bertz CT molecular complexity index is 286. The van der Waals surface area contributed by atoms with Crippen molar-refractivity contribution in [2.45, 2.75) is 37.3 Å². The minimum absolute atomic E-state index is 0.128. The molecule has 1 aromatic carbocycles. The molecular formula is C12H18N2. The molecule has 1 aliphatic rings. The second-order valence-electron chi connectivity index (χ2n) is 4.36. The maximum atomic E-state index is 6.39. The van der Waals surface area contributed by atoms with Crippen LogP contribution in [0.4, 0.5) is 0 Å². The molecule has 1 aliphatic carbocycles. The van der Waals surface area contributed by atoms with E-state index in [0.29, 0.717) is 6.04 Å². The lowest BCUT2D eigenvalue weighted by Crippen LogP contribution is -2.43. The molecule has 0 unspecified atom stereocenters. The second kappa shape index (κ2) is 3.71. The summed E-state index contributed by atoms with van der Waals surface area (Å²) in [5.41, 5.74) is 13.4. The Hall–Kier alpha value is -0.860. The summed E-state index contributed by atoms with van der Waals surface area (Å²) in [6, 6.07) is 10.7. The zero-order valence-corrected chi connectivity index (χ0v) is 8.45. The van der Waals surface area contributed by atoms with Gasteiger partial charge in [-0.05, 0) is 31.2 Å². The van der Waals surface area contributed by atoms with Gasteiger partial charge >= 0.3 is 0 Å². The third-order valence-corrected chi connectivity index (χ3v) is 3.27. The summed E-state index contributed by atoms with van der Waals surface area (Å²) in [7, 11) is 0. The van der Waals surface area contributed by atoms with Gasteiger partial charge in [-0.3, -0.25) is 0 Å². The summed E-state index contributed by atoms with van der Waals surface area (Å²) in [5.74, 6) is 0. The molecule has 0 aliphatic heterocycles. The summed E-state index contributed by atoms with van der Waals surface area (Å²) in [6.07, 6.45) is 4.12. The Balaban J connectivity index is 2.17. The van der Waals surface area contributed by atoms with Crippen LogP contribution in [0.3, 0.4) is 0 Å². The van der Waals surface area contributed by atoms with Crippen molar-refractivity contribution in [3.63, 3.8) is 0 Å². The van der Waals surface area contributed by atoms with Crippen LogP contribution in [0.5, 0.6) is 0 Å². The average Bonchev–Trinajstić information content (AvgIpc) is 2.24. The van der Waals surface area contributed by atoms with E-state index in [9.17, 15) is 0 Å². The van der Waals surface area contributed by atoms with Crippen LogP contribution in [0, 0.1) is 0 Å². The fourth-order valence-electron chi connectivity index (χ4n) is 2.21. The van der Waals surface area contributed by atoms with Crippen LogP contribution < -0.4 is 11.5 Å². The fraction of sp³-hybridized carbons (Fsp3) is 0.500. The topological polar surface area (TPSA) is 52.0 Å². The highest BCUT2D eigenvalue weighted by Gasteiger charge is 2.31. The number of hydrogen-bond acceptors (Lipinski definition) is 2. The van der Waals surface area contributed by atoms with E-state index in [1.807, 2.05) is 6.07 Å². The number of hydrogen-bond donors (Lipinski definition) is 2. The normalized spacial score (nSPS) is 32.9. The van der Waals surface area contributed by atoms with E-state index in [1.54, 1.807) is 0 Å². The highest BCUT2D eigenvalue weighted by atomic mass is 14.8. The van der Waals surface area contributed by atoms with Gasteiger partial charge in [0, 0.05) is 11.6 Å². The molecule has 0 saturated heterocycles. The first-order valence-corrected chi connectivity index (χ1v) is 5.31. The Morgan fingerprint density at radius 3 is 2.21 bits per heavy atom. The molecule has 0 radical (unpaired) electrons. The molecule has 1 aromatic rings. The summed E-state index contributed by atoms with van der Waals surface area (Å²) in [6.45, 7) is 0. The largest absolute Gasteiger partial charge is 0.328 e. The van der Waals surface area contributed by atoms with E-state index in [1.165, 1.54) is 5.56 Å². The standard InChI is InChI=1S/C12H18N2/c13-11-6-8-12(14,9-7-11)10-4-2-1-3-5-10/h1-5,11H,6-9,13-14H2. The van der Waals surface area contributed by atoms with E-state index >= 15 is 0 Å². The first-order valence-electron chi connectivity index (χ1n) is 5.31. The molecule has 14 heavy (non-hydrogen) atoms. The second-order valence-corrected chi connectivity index (χ2v) is 4.36. The molecule has 0 heterocycles. The quantitative estimate of drug-likeness (QED) is 0.708. The van der Waals surface area contributed by atoms with Crippen molar-refractivity contribution in [1.82, 2.24) is 0 Å². The molecule has 4 N–H and O–H groups in total. The summed E-state index contributed by atoms with van der Waals surface area (Å²) in [4.78, 5) is 0. The molecule has 0 amide bonds. The number of benzene rings is 1. The molecule has 2 heteroatoms. The van der Waals surface area contributed by atoms with Crippen molar-refractivity contribution in [2.24, 2.45) is 11.5 Å². The van der Waals surface area contributed by atoms with Gasteiger partial charge in [0.1, 0.15) is 0 Å². The van der Waals surface area contributed by atoms with Gasteiger partial charge in [0.15, 0.2) is 0 Å². The van der Waals surface area contributed by atoms with E-state index in [0.717, 1.165) is 25.7 Å². The van der Waals surface area contributed by atoms with Crippen molar-refractivity contribution >= 4 is 0 Å².